The highest BCUT2D eigenvalue weighted by Crippen LogP contribution is 2.21. The quantitative estimate of drug-likeness (QED) is 0.854. The van der Waals surface area contributed by atoms with Crippen molar-refractivity contribution in [3.05, 3.63) is 59.2 Å². The van der Waals surface area contributed by atoms with E-state index < -0.39 is 12.1 Å². The molecule has 0 aliphatic heterocycles. The number of ether oxygens (including phenoxy) is 2. The predicted molar refractivity (Wildman–Crippen MR) is 92.4 cm³/mol. The maximum absolute atomic E-state index is 12.3. The Morgan fingerprint density at radius 1 is 1.08 bits per heavy atom. The van der Waals surface area contributed by atoms with Crippen LogP contribution in [0.1, 0.15) is 28.4 Å². The van der Waals surface area contributed by atoms with E-state index in [4.69, 9.17) is 4.74 Å². The zero-order valence-corrected chi connectivity index (χ0v) is 14.3. The van der Waals surface area contributed by atoms with Gasteiger partial charge in [0.2, 0.25) is 0 Å². The van der Waals surface area contributed by atoms with Crippen molar-refractivity contribution in [1.82, 2.24) is 0 Å². The van der Waals surface area contributed by atoms with Crippen molar-refractivity contribution in [3.63, 3.8) is 0 Å². The van der Waals surface area contributed by atoms with Gasteiger partial charge in [0.05, 0.1) is 12.7 Å². The first-order valence-electron chi connectivity index (χ1n) is 7.64. The van der Waals surface area contributed by atoms with Crippen LogP contribution in [0.4, 0.5) is 5.69 Å². The molecule has 5 heteroatoms. The van der Waals surface area contributed by atoms with Crippen molar-refractivity contribution >= 4 is 17.6 Å². The van der Waals surface area contributed by atoms with Crippen molar-refractivity contribution in [1.29, 1.82) is 0 Å². The first kappa shape index (κ1) is 17.5. The molecule has 0 heterocycles. The van der Waals surface area contributed by atoms with E-state index in [0.29, 0.717) is 17.0 Å². The van der Waals surface area contributed by atoms with Crippen LogP contribution in [0.25, 0.3) is 0 Å². The second-order valence-electron chi connectivity index (χ2n) is 5.59. The van der Waals surface area contributed by atoms with E-state index in [-0.39, 0.29) is 5.91 Å². The van der Waals surface area contributed by atoms with Crippen molar-refractivity contribution in [2.45, 2.75) is 26.9 Å². The van der Waals surface area contributed by atoms with E-state index in [9.17, 15) is 9.59 Å². The number of anilines is 1. The third-order valence-electron chi connectivity index (χ3n) is 3.57. The molecule has 1 N–H and O–H groups in total. The zero-order chi connectivity index (χ0) is 17.7. The zero-order valence-electron chi connectivity index (χ0n) is 14.3. The van der Waals surface area contributed by atoms with Gasteiger partial charge >= 0.3 is 5.97 Å². The van der Waals surface area contributed by atoms with Crippen LogP contribution in [0.15, 0.2) is 42.5 Å². The summed E-state index contributed by atoms with van der Waals surface area (Å²) in [5.41, 5.74) is 2.92. The summed E-state index contributed by atoms with van der Waals surface area (Å²) in [6.45, 7) is 5.58. The summed E-state index contributed by atoms with van der Waals surface area (Å²) in [6.07, 6.45) is -0.674. The van der Waals surface area contributed by atoms with Gasteiger partial charge in [-0.2, -0.15) is 0 Å². The number of nitrogens with one attached hydrogen (secondary N) is 1. The molecule has 0 unspecified atom stereocenters. The Kier molecular flexibility index (Phi) is 5.58. The van der Waals surface area contributed by atoms with E-state index in [1.54, 1.807) is 31.2 Å². The maximum Gasteiger partial charge on any atom is 0.337 e. The lowest BCUT2D eigenvalue weighted by atomic mass is 10.1. The molecule has 0 saturated carbocycles. The summed E-state index contributed by atoms with van der Waals surface area (Å²) >= 11 is 0. The fourth-order valence-electron chi connectivity index (χ4n) is 2.16. The van der Waals surface area contributed by atoms with Crippen molar-refractivity contribution < 1.29 is 19.1 Å². The number of carbonyl (C=O) groups is 2. The highest BCUT2D eigenvalue weighted by molar-refractivity contribution is 5.96. The van der Waals surface area contributed by atoms with Gasteiger partial charge in [-0.25, -0.2) is 4.79 Å². The Morgan fingerprint density at radius 3 is 2.54 bits per heavy atom. The number of esters is 1. The lowest BCUT2D eigenvalue weighted by Crippen LogP contribution is -2.30. The fourth-order valence-corrected chi connectivity index (χ4v) is 2.16. The SMILES string of the molecule is COC(=O)c1cccc(NC(=O)[C@@H](C)Oc2cc(C)ccc2C)c1. The normalized spacial score (nSPS) is 11.5. The smallest absolute Gasteiger partial charge is 0.337 e. The Labute approximate surface area is 141 Å². The van der Waals surface area contributed by atoms with Crippen LogP contribution in [-0.2, 0) is 9.53 Å². The third-order valence-corrected chi connectivity index (χ3v) is 3.57. The van der Waals surface area contributed by atoms with Crippen LogP contribution in [0, 0.1) is 13.8 Å². The van der Waals surface area contributed by atoms with Crippen LogP contribution in [-0.4, -0.2) is 25.1 Å². The van der Waals surface area contributed by atoms with Gasteiger partial charge in [0.15, 0.2) is 6.10 Å². The Morgan fingerprint density at radius 2 is 1.83 bits per heavy atom. The summed E-state index contributed by atoms with van der Waals surface area (Å²) in [7, 11) is 1.31. The predicted octanol–water partition coefficient (Wildman–Crippen LogP) is 3.50. The number of amides is 1. The minimum absolute atomic E-state index is 0.294. The molecule has 0 bridgehead atoms. The Bertz CT molecular complexity index is 755. The van der Waals surface area contributed by atoms with E-state index in [2.05, 4.69) is 10.1 Å². The highest BCUT2D eigenvalue weighted by Gasteiger charge is 2.16. The van der Waals surface area contributed by atoms with Crippen molar-refractivity contribution in [2.75, 3.05) is 12.4 Å². The monoisotopic (exact) mass is 327 g/mol. The van der Waals surface area contributed by atoms with Gasteiger partial charge in [-0.15, -0.1) is 0 Å². The number of methoxy groups -OCH3 is 1. The molecule has 0 fully saturated rings. The second kappa shape index (κ2) is 7.64. The summed E-state index contributed by atoms with van der Waals surface area (Å²) < 4.78 is 10.4. The van der Waals surface area contributed by atoms with Gasteiger partial charge in [0.1, 0.15) is 5.75 Å². The largest absolute Gasteiger partial charge is 0.481 e. The van der Waals surface area contributed by atoms with Crippen molar-refractivity contribution in [3.8, 4) is 5.75 Å². The minimum atomic E-state index is -0.674. The van der Waals surface area contributed by atoms with E-state index in [1.807, 2.05) is 32.0 Å². The average molecular weight is 327 g/mol. The van der Waals surface area contributed by atoms with E-state index >= 15 is 0 Å². The fraction of sp³-hybridized carbons (Fsp3) is 0.263. The molecule has 0 radical (unpaired) electrons. The molecule has 5 nitrogen and oxygen atoms in total. The molecule has 2 rings (SSSR count). The number of aryl methyl sites for hydroxylation is 2. The first-order valence-corrected chi connectivity index (χ1v) is 7.64. The van der Waals surface area contributed by atoms with Gasteiger partial charge in [0, 0.05) is 5.69 Å². The van der Waals surface area contributed by atoms with Crippen LogP contribution >= 0.6 is 0 Å². The number of benzene rings is 2. The third kappa shape index (κ3) is 4.35. The molecular weight excluding hydrogens is 306 g/mol. The van der Waals surface area contributed by atoms with Gasteiger partial charge in [-0.1, -0.05) is 18.2 Å². The van der Waals surface area contributed by atoms with Crippen LogP contribution < -0.4 is 10.1 Å². The lowest BCUT2D eigenvalue weighted by Gasteiger charge is -2.17. The molecule has 0 aliphatic rings. The topological polar surface area (TPSA) is 64.6 Å². The van der Waals surface area contributed by atoms with Gasteiger partial charge in [-0.3, -0.25) is 4.79 Å². The van der Waals surface area contributed by atoms with Crippen LogP contribution in [0.2, 0.25) is 0 Å². The van der Waals surface area contributed by atoms with Crippen molar-refractivity contribution in [2.24, 2.45) is 0 Å². The molecule has 1 atom stereocenters. The summed E-state index contributed by atoms with van der Waals surface area (Å²) in [5.74, 6) is -0.0651. The Hall–Kier alpha value is -2.82. The highest BCUT2D eigenvalue weighted by atomic mass is 16.5. The maximum atomic E-state index is 12.3. The minimum Gasteiger partial charge on any atom is -0.481 e. The standard InChI is InChI=1S/C19H21NO4/c1-12-8-9-13(2)17(10-12)24-14(3)18(21)20-16-7-5-6-15(11-16)19(22)23-4/h5-11,14H,1-4H3,(H,20,21)/t14-/m1/s1. The molecule has 0 aliphatic carbocycles. The number of hydrogen-bond acceptors (Lipinski definition) is 4. The second-order valence-corrected chi connectivity index (χ2v) is 5.59. The molecule has 0 aromatic heterocycles. The Balaban J connectivity index is 2.06. The van der Waals surface area contributed by atoms with Gasteiger partial charge < -0.3 is 14.8 Å². The van der Waals surface area contributed by atoms with Crippen LogP contribution in [0.5, 0.6) is 5.75 Å². The summed E-state index contributed by atoms with van der Waals surface area (Å²) in [5, 5.41) is 2.74. The van der Waals surface area contributed by atoms with Gasteiger partial charge in [0.25, 0.3) is 5.91 Å². The number of rotatable bonds is 5. The van der Waals surface area contributed by atoms with Crippen LogP contribution in [0.3, 0.4) is 0 Å². The molecule has 126 valence electrons. The molecular formula is C19H21NO4. The number of hydrogen-bond donors (Lipinski definition) is 1. The summed E-state index contributed by atoms with van der Waals surface area (Å²) in [6, 6.07) is 12.4. The molecule has 0 spiro atoms. The number of carbonyl (C=O) groups excluding carboxylic acids is 2. The molecule has 2 aromatic carbocycles. The molecule has 0 saturated heterocycles. The molecule has 1 amide bonds. The first-order chi connectivity index (χ1) is 11.4. The molecule has 24 heavy (non-hydrogen) atoms. The lowest BCUT2D eigenvalue weighted by molar-refractivity contribution is -0.122. The van der Waals surface area contributed by atoms with E-state index in [1.165, 1.54) is 7.11 Å². The van der Waals surface area contributed by atoms with E-state index in [0.717, 1.165) is 11.1 Å². The average Bonchev–Trinajstić information content (AvgIpc) is 2.57. The van der Waals surface area contributed by atoms with Gasteiger partial charge in [-0.05, 0) is 56.2 Å². The molecule has 2 aromatic rings. The summed E-state index contributed by atoms with van der Waals surface area (Å²) in [4.78, 5) is 23.8.